The fourth-order valence-corrected chi connectivity index (χ4v) is 2.93. The minimum absolute atomic E-state index is 0.0236. The Hall–Kier alpha value is -2.28. The average Bonchev–Trinajstić information content (AvgIpc) is 2.75. The molecule has 1 aliphatic heterocycles. The van der Waals surface area contributed by atoms with Crippen LogP contribution in [0.1, 0.15) is 51.2 Å². The lowest BCUT2D eigenvalue weighted by atomic mass is 9.86. The maximum absolute atomic E-state index is 12.2. The molecule has 138 valence electrons. The Morgan fingerprint density at radius 1 is 1.24 bits per heavy atom. The molecule has 1 unspecified atom stereocenters. The van der Waals surface area contributed by atoms with E-state index in [0.29, 0.717) is 37.9 Å². The first-order chi connectivity index (χ1) is 11.6. The summed E-state index contributed by atoms with van der Waals surface area (Å²) in [5.41, 5.74) is 5.35. The molecular weight excluding hydrogens is 322 g/mol. The predicted octanol–water partition coefficient (Wildman–Crippen LogP) is 2.39. The van der Waals surface area contributed by atoms with E-state index < -0.39 is 11.2 Å². The molecule has 0 saturated carbocycles. The molecule has 4 N–H and O–H groups in total. The second-order valence-corrected chi connectivity index (χ2v) is 7.42. The highest BCUT2D eigenvalue weighted by Crippen LogP contribution is 2.33. The molecule has 0 spiro atoms. The molecule has 0 aromatic heterocycles. The highest BCUT2D eigenvalue weighted by Gasteiger charge is 2.34. The van der Waals surface area contributed by atoms with Crippen LogP contribution in [0.4, 0.5) is 4.79 Å². The van der Waals surface area contributed by atoms with Crippen LogP contribution in [0.5, 0.6) is 0 Å². The number of carbonyl (C=O) groups is 1. The standard InChI is InChI=1S/C18H27N3O4/c1-17(2,3)25-16(22)21-11-4-9-18(23,10-12-21)14-7-5-13(6-8-14)15(19)20-24/h5-8,23-24H,4,9-12H2,1-3H3,(H2,19,20). The van der Waals surface area contributed by atoms with Crippen LogP contribution in [0.3, 0.4) is 0 Å². The molecule has 1 heterocycles. The van der Waals surface area contributed by atoms with Crippen molar-refractivity contribution >= 4 is 11.9 Å². The van der Waals surface area contributed by atoms with Gasteiger partial charge in [-0.15, -0.1) is 0 Å². The van der Waals surface area contributed by atoms with Gasteiger partial charge in [-0.2, -0.15) is 0 Å². The van der Waals surface area contributed by atoms with Gasteiger partial charge in [0.05, 0.1) is 5.60 Å². The molecule has 7 nitrogen and oxygen atoms in total. The molecule has 7 heteroatoms. The van der Waals surface area contributed by atoms with Crippen LogP contribution in [0.15, 0.2) is 29.4 Å². The molecule has 2 rings (SSSR count). The van der Waals surface area contributed by atoms with Crippen molar-refractivity contribution in [1.82, 2.24) is 4.90 Å². The van der Waals surface area contributed by atoms with Crippen molar-refractivity contribution in [2.24, 2.45) is 10.9 Å². The van der Waals surface area contributed by atoms with Crippen LogP contribution in [0.25, 0.3) is 0 Å². The van der Waals surface area contributed by atoms with Gasteiger partial charge in [0, 0.05) is 18.7 Å². The first kappa shape index (κ1) is 19.1. The Balaban J connectivity index is 2.09. The predicted molar refractivity (Wildman–Crippen MR) is 94.5 cm³/mol. The molecule has 1 aromatic carbocycles. The van der Waals surface area contributed by atoms with Crippen LogP contribution in [-0.2, 0) is 10.3 Å². The van der Waals surface area contributed by atoms with Gasteiger partial charge in [0.25, 0.3) is 0 Å². The zero-order chi connectivity index (χ0) is 18.7. The van der Waals surface area contributed by atoms with E-state index >= 15 is 0 Å². The summed E-state index contributed by atoms with van der Waals surface area (Å²) in [5, 5.41) is 22.7. The summed E-state index contributed by atoms with van der Waals surface area (Å²) in [4.78, 5) is 13.9. The Labute approximate surface area is 148 Å². The van der Waals surface area contributed by atoms with Crippen LogP contribution in [0.2, 0.25) is 0 Å². The fraction of sp³-hybridized carbons (Fsp3) is 0.556. The van der Waals surface area contributed by atoms with Crippen LogP contribution in [0, 0.1) is 0 Å². The fourth-order valence-electron chi connectivity index (χ4n) is 2.93. The lowest BCUT2D eigenvalue weighted by Crippen LogP contribution is -2.38. The summed E-state index contributed by atoms with van der Waals surface area (Å²) < 4.78 is 5.42. The molecule has 1 amide bonds. The molecule has 0 bridgehead atoms. The normalized spacial score (nSPS) is 22.4. The third kappa shape index (κ3) is 4.85. The number of aliphatic hydroxyl groups is 1. The second-order valence-electron chi connectivity index (χ2n) is 7.42. The SMILES string of the molecule is CC(C)(C)OC(=O)N1CCCC(O)(c2ccc(/C(N)=N/O)cc2)CC1. The van der Waals surface area contributed by atoms with E-state index in [9.17, 15) is 9.90 Å². The average molecular weight is 349 g/mol. The lowest BCUT2D eigenvalue weighted by Gasteiger charge is -2.28. The smallest absolute Gasteiger partial charge is 0.410 e. The maximum atomic E-state index is 12.2. The highest BCUT2D eigenvalue weighted by atomic mass is 16.6. The zero-order valence-electron chi connectivity index (χ0n) is 15.0. The number of nitrogens with zero attached hydrogens (tertiary/aromatic N) is 2. The van der Waals surface area contributed by atoms with Crippen LogP contribution >= 0.6 is 0 Å². The third-order valence-corrected chi connectivity index (χ3v) is 4.29. The molecule has 25 heavy (non-hydrogen) atoms. The number of hydrogen-bond donors (Lipinski definition) is 3. The van der Waals surface area contributed by atoms with Gasteiger partial charge in [-0.05, 0) is 45.6 Å². The number of hydrogen-bond acceptors (Lipinski definition) is 5. The molecule has 0 radical (unpaired) electrons. The molecule has 1 saturated heterocycles. The minimum Gasteiger partial charge on any atom is -0.444 e. The molecule has 0 aliphatic carbocycles. The zero-order valence-corrected chi connectivity index (χ0v) is 15.0. The number of ether oxygens (including phenoxy) is 1. The lowest BCUT2D eigenvalue weighted by molar-refractivity contribution is 0.0128. The first-order valence-corrected chi connectivity index (χ1v) is 8.43. The van der Waals surface area contributed by atoms with Gasteiger partial charge in [0.2, 0.25) is 0 Å². The van der Waals surface area contributed by atoms with Crippen molar-refractivity contribution < 1.29 is 19.8 Å². The largest absolute Gasteiger partial charge is 0.444 e. The number of benzene rings is 1. The minimum atomic E-state index is -1.01. The number of nitrogens with two attached hydrogens (primary N) is 1. The number of carbonyl (C=O) groups excluding carboxylic acids is 1. The topological polar surface area (TPSA) is 108 Å². The Morgan fingerprint density at radius 3 is 2.44 bits per heavy atom. The van der Waals surface area contributed by atoms with Crippen LogP contribution in [-0.4, -0.2) is 45.8 Å². The molecule has 1 aliphatic rings. The second kappa shape index (κ2) is 7.31. The van der Waals surface area contributed by atoms with Gasteiger partial charge in [-0.3, -0.25) is 0 Å². The van der Waals surface area contributed by atoms with E-state index in [4.69, 9.17) is 15.7 Å². The number of amides is 1. The monoisotopic (exact) mass is 349 g/mol. The Kier molecular flexibility index (Phi) is 5.57. The van der Waals surface area contributed by atoms with Crippen molar-refractivity contribution in [2.45, 2.75) is 51.2 Å². The summed E-state index contributed by atoms with van der Waals surface area (Å²) >= 11 is 0. The molecule has 1 aromatic rings. The Morgan fingerprint density at radius 2 is 1.88 bits per heavy atom. The van der Waals surface area contributed by atoms with Gasteiger partial charge >= 0.3 is 6.09 Å². The van der Waals surface area contributed by atoms with E-state index in [1.807, 2.05) is 20.8 Å². The van der Waals surface area contributed by atoms with E-state index in [2.05, 4.69) is 5.16 Å². The summed E-state index contributed by atoms with van der Waals surface area (Å²) in [5.74, 6) is 0.0236. The van der Waals surface area contributed by atoms with Gasteiger partial charge in [-0.25, -0.2) is 4.79 Å². The number of amidine groups is 1. The first-order valence-electron chi connectivity index (χ1n) is 8.43. The van der Waals surface area contributed by atoms with Crippen LogP contribution < -0.4 is 5.73 Å². The summed E-state index contributed by atoms with van der Waals surface area (Å²) in [6.45, 7) is 6.48. The Bertz CT molecular complexity index is 637. The third-order valence-electron chi connectivity index (χ3n) is 4.29. The number of rotatable bonds is 2. The molecule has 1 fully saturated rings. The van der Waals surface area contributed by atoms with Gasteiger partial charge in [0.15, 0.2) is 5.84 Å². The van der Waals surface area contributed by atoms with Gasteiger partial charge in [0.1, 0.15) is 5.60 Å². The van der Waals surface area contributed by atoms with Crippen molar-refractivity contribution in [3.63, 3.8) is 0 Å². The quantitative estimate of drug-likeness (QED) is 0.329. The molecular formula is C18H27N3O4. The number of oxime groups is 1. The van der Waals surface area contributed by atoms with Crippen molar-refractivity contribution in [3.05, 3.63) is 35.4 Å². The summed E-state index contributed by atoms with van der Waals surface area (Å²) in [7, 11) is 0. The summed E-state index contributed by atoms with van der Waals surface area (Å²) in [6.07, 6.45) is 1.31. The van der Waals surface area contributed by atoms with Gasteiger partial charge < -0.3 is 25.7 Å². The van der Waals surface area contributed by atoms with E-state index in [1.165, 1.54) is 0 Å². The van der Waals surface area contributed by atoms with E-state index in [0.717, 1.165) is 5.56 Å². The van der Waals surface area contributed by atoms with Crippen molar-refractivity contribution in [2.75, 3.05) is 13.1 Å². The van der Waals surface area contributed by atoms with E-state index in [1.54, 1.807) is 29.2 Å². The molecule has 1 atom stereocenters. The maximum Gasteiger partial charge on any atom is 0.410 e. The highest BCUT2D eigenvalue weighted by molar-refractivity contribution is 5.96. The van der Waals surface area contributed by atoms with Gasteiger partial charge in [-0.1, -0.05) is 29.4 Å². The number of likely N-dealkylation sites (tertiary alicyclic amines) is 1. The van der Waals surface area contributed by atoms with Crippen molar-refractivity contribution in [1.29, 1.82) is 0 Å². The van der Waals surface area contributed by atoms with E-state index in [-0.39, 0.29) is 11.9 Å². The summed E-state index contributed by atoms with van der Waals surface area (Å²) in [6, 6.07) is 6.96. The van der Waals surface area contributed by atoms with Crippen molar-refractivity contribution in [3.8, 4) is 0 Å².